The molecule has 2 N–H and O–H groups in total. The summed E-state index contributed by atoms with van der Waals surface area (Å²) in [6.07, 6.45) is 7.15. The zero-order valence-electron chi connectivity index (χ0n) is 11.0. The van der Waals surface area contributed by atoms with Crippen LogP contribution in [0.2, 0.25) is 0 Å². The topological polar surface area (TPSA) is 38.5 Å². The molecule has 0 aromatic rings. The fourth-order valence-electron chi connectivity index (χ4n) is 3.25. The van der Waals surface area contributed by atoms with Gasteiger partial charge in [-0.15, -0.1) is 0 Å². The van der Waals surface area contributed by atoms with Gasteiger partial charge in [0.25, 0.3) is 0 Å². The van der Waals surface area contributed by atoms with Crippen LogP contribution in [0.3, 0.4) is 0 Å². The van der Waals surface area contributed by atoms with E-state index in [9.17, 15) is 0 Å². The Morgan fingerprint density at radius 2 is 1.76 bits per heavy atom. The fourth-order valence-corrected chi connectivity index (χ4v) is 3.25. The van der Waals surface area contributed by atoms with Crippen molar-refractivity contribution in [1.29, 1.82) is 0 Å². The second-order valence-electron chi connectivity index (χ2n) is 6.36. The molecule has 17 heavy (non-hydrogen) atoms. The van der Waals surface area contributed by atoms with E-state index in [1.165, 1.54) is 38.8 Å². The predicted molar refractivity (Wildman–Crippen MR) is 68.8 cm³/mol. The number of nitrogens with two attached hydrogens (primary N) is 1. The van der Waals surface area contributed by atoms with Crippen molar-refractivity contribution in [3.63, 3.8) is 0 Å². The van der Waals surface area contributed by atoms with E-state index < -0.39 is 0 Å². The van der Waals surface area contributed by atoms with Gasteiger partial charge in [0.2, 0.25) is 0 Å². The summed E-state index contributed by atoms with van der Waals surface area (Å²) < 4.78 is 5.82. The van der Waals surface area contributed by atoms with Crippen LogP contribution in [0.1, 0.15) is 39.0 Å². The van der Waals surface area contributed by atoms with Crippen LogP contribution in [0.5, 0.6) is 0 Å². The van der Waals surface area contributed by atoms with Gasteiger partial charge >= 0.3 is 0 Å². The summed E-state index contributed by atoms with van der Waals surface area (Å²) in [6.45, 7) is 6.40. The summed E-state index contributed by atoms with van der Waals surface area (Å²) in [5.41, 5.74) is 6.27. The van der Waals surface area contributed by atoms with Crippen molar-refractivity contribution in [3.8, 4) is 0 Å². The zero-order valence-corrected chi connectivity index (χ0v) is 11.0. The third-order valence-electron chi connectivity index (χ3n) is 4.99. The van der Waals surface area contributed by atoms with E-state index in [1.54, 1.807) is 0 Å². The van der Waals surface area contributed by atoms with E-state index in [2.05, 4.69) is 11.8 Å². The highest BCUT2D eigenvalue weighted by Gasteiger charge is 2.47. The number of nitrogens with zero attached hydrogens (tertiary/aromatic N) is 1. The lowest BCUT2D eigenvalue weighted by Gasteiger charge is -2.43. The maximum Gasteiger partial charge on any atom is 0.0743 e. The Hall–Kier alpha value is -0.120. The lowest BCUT2D eigenvalue weighted by Crippen LogP contribution is -2.59. The highest BCUT2D eigenvalue weighted by Crippen LogP contribution is 2.40. The molecule has 0 bridgehead atoms. The molecule has 0 aromatic heterocycles. The van der Waals surface area contributed by atoms with Gasteiger partial charge in [0, 0.05) is 26.2 Å². The molecule has 2 saturated carbocycles. The molecule has 1 heterocycles. The first-order chi connectivity index (χ1) is 8.24. The Morgan fingerprint density at radius 3 is 2.12 bits per heavy atom. The first-order valence-corrected chi connectivity index (χ1v) is 7.31. The highest BCUT2D eigenvalue weighted by atomic mass is 16.5. The Balaban J connectivity index is 1.72. The molecule has 3 fully saturated rings. The van der Waals surface area contributed by atoms with E-state index in [1.807, 2.05) is 0 Å². The molecule has 3 aliphatic rings. The lowest BCUT2D eigenvalue weighted by atomic mass is 9.89. The number of rotatable bonds is 6. The first-order valence-electron chi connectivity index (χ1n) is 7.31. The molecule has 1 aliphatic heterocycles. The van der Waals surface area contributed by atoms with Crippen molar-refractivity contribution in [2.75, 3.05) is 26.2 Å². The van der Waals surface area contributed by atoms with E-state index in [0.717, 1.165) is 31.4 Å². The van der Waals surface area contributed by atoms with Gasteiger partial charge in [-0.2, -0.15) is 0 Å². The van der Waals surface area contributed by atoms with Crippen LogP contribution >= 0.6 is 0 Å². The second kappa shape index (κ2) is 4.52. The van der Waals surface area contributed by atoms with Gasteiger partial charge in [-0.05, 0) is 50.9 Å². The summed E-state index contributed by atoms with van der Waals surface area (Å²) in [6, 6.07) is 0. The standard InChI is InChI=1S/C14H26N2O/c1-11-14(10-15,6-7-17-11)16(8-12-2-3-12)9-13-4-5-13/h11-13H,2-10,15H2,1H3. The van der Waals surface area contributed by atoms with Gasteiger partial charge in [0.15, 0.2) is 0 Å². The van der Waals surface area contributed by atoms with Crippen molar-refractivity contribution in [2.24, 2.45) is 17.6 Å². The minimum atomic E-state index is 0.144. The third-order valence-corrected chi connectivity index (χ3v) is 4.99. The summed E-state index contributed by atoms with van der Waals surface area (Å²) >= 11 is 0. The number of hydrogen-bond acceptors (Lipinski definition) is 3. The van der Waals surface area contributed by atoms with Gasteiger partial charge in [0.05, 0.1) is 11.6 Å². The lowest BCUT2D eigenvalue weighted by molar-refractivity contribution is 0.00908. The van der Waals surface area contributed by atoms with Gasteiger partial charge in [0.1, 0.15) is 0 Å². The molecule has 0 radical (unpaired) electrons. The van der Waals surface area contributed by atoms with E-state index >= 15 is 0 Å². The van der Waals surface area contributed by atoms with Crippen molar-refractivity contribution in [2.45, 2.75) is 50.7 Å². The first kappa shape index (κ1) is 11.9. The van der Waals surface area contributed by atoms with Crippen LogP contribution in [0, 0.1) is 11.8 Å². The Kier molecular flexibility index (Phi) is 3.18. The van der Waals surface area contributed by atoms with Crippen LogP contribution < -0.4 is 5.73 Å². The molecule has 1 saturated heterocycles. The van der Waals surface area contributed by atoms with E-state index in [0.29, 0.717) is 6.10 Å². The molecule has 2 unspecified atom stereocenters. The van der Waals surface area contributed by atoms with Crippen molar-refractivity contribution in [1.82, 2.24) is 4.90 Å². The van der Waals surface area contributed by atoms with Gasteiger partial charge in [-0.1, -0.05) is 0 Å². The number of hydrogen-bond donors (Lipinski definition) is 1. The average molecular weight is 238 g/mol. The SMILES string of the molecule is CC1OCCC1(CN)N(CC1CC1)CC1CC1. The van der Waals surface area contributed by atoms with Gasteiger partial charge < -0.3 is 10.5 Å². The minimum Gasteiger partial charge on any atom is -0.376 e. The van der Waals surface area contributed by atoms with Gasteiger partial charge in [-0.3, -0.25) is 4.90 Å². The van der Waals surface area contributed by atoms with Crippen molar-refractivity contribution >= 4 is 0 Å². The Morgan fingerprint density at radius 1 is 1.18 bits per heavy atom. The third kappa shape index (κ3) is 2.38. The van der Waals surface area contributed by atoms with Crippen LogP contribution in [0.15, 0.2) is 0 Å². The Labute approximate surface area is 105 Å². The maximum atomic E-state index is 6.13. The molecule has 3 rings (SSSR count). The smallest absolute Gasteiger partial charge is 0.0743 e. The molecule has 0 spiro atoms. The monoisotopic (exact) mass is 238 g/mol. The second-order valence-corrected chi connectivity index (χ2v) is 6.36. The zero-order chi connectivity index (χ0) is 11.9. The molecule has 2 aliphatic carbocycles. The molecular weight excluding hydrogens is 212 g/mol. The van der Waals surface area contributed by atoms with Crippen molar-refractivity contribution < 1.29 is 4.74 Å². The summed E-state index contributed by atoms with van der Waals surface area (Å²) in [5.74, 6) is 1.90. The average Bonchev–Trinajstić information content (AvgIpc) is 3.22. The normalized spacial score (nSPS) is 37.9. The van der Waals surface area contributed by atoms with Crippen LogP contribution in [-0.2, 0) is 4.74 Å². The fraction of sp³-hybridized carbons (Fsp3) is 1.00. The highest BCUT2D eigenvalue weighted by molar-refractivity contribution is 5.02. The number of ether oxygens (including phenoxy) is 1. The van der Waals surface area contributed by atoms with Crippen molar-refractivity contribution in [3.05, 3.63) is 0 Å². The molecule has 2 atom stereocenters. The molecule has 3 nitrogen and oxygen atoms in total. The minimum absolute atomic E-state index is 0.144. The summed E-state index contributed by atoms with van der Waals surface area (Å²) in [4.78, 5) is 2.71. The largest absolute Gasteiger partial charge is 0.376 e. The molecular formula is C14H26N2O. The van der Waals surface area contributed by atoms with E-state index in [-0.39, 0.29) is 5.54 Å². The molecule has 3 heteroatoms. The molecule has 98 valence electrons. The molecule has 0 amide bonds. The van der Waals surface area contributed by atoms with E-state index in [4.69, 9.17) is 10.5 Å². The summed E-state index contributed by atoms with van der Waals surface area (Å²) in [5, 5.41) is 0. The van der Waals surface area contributed by atoms with Gasteiger partial charge in [-0.25, -0.2) is 0 Å². The van der Waals surface area contributed by atoms with Crippen LogP contribution in [-0.4, -0.2) is 42.8 Å². The summed E-state index contributed by atoms with van der Waals surface area (Å²) in [7, 11) is 0. The Bertz CT molecular complexity index is 261. The predicted octanol–water partition coefficient (Wildman–Crippen LogP) is 1.61. The quantitative estimate of drug-likeness (QED) is 0.764. The van der Waals surface area contributed by atoms with Crippen LogP contribution in [0.25, 0.3) is 0 Å². The molecule has 0 aromatic carbocycles. The maximum absolute atomic E-state index is 6.13. The van der Waals surface area contributed by atoms with Crippen LogP contribution in [0.4, 0.5) is 0 Å².